The monoisotopic (exact) mass is 385 g/mol. The smallest absolute Gasteiger partial charge is 0.270 e. The molecule has 0 unspecified atom stereocenters. The summed E-state index contributed by atoms with van der Waals surface area (Å²) in [5, 5.41) is 0. The topological polar surface area (TPSA) is 38.8 Å². The zero-order chi connectivity index (χ0) is 18.7. The van der Waals surface area contributed by atoms with E-state index < -0.39 is 0 Å². The molecular formula is C20H19NO3S2. The summed E-state index contributed by atoms with van der Waals surface area (Å²) in [6.45, 7) is 3.97. The third kappa shape index (κ3) is 3.92. The number of benzene rings is 2. The minimum absolute atomic E-state index is 0.123. The molecule has 0 aliphatic carbocycles. The molecule has 6 heteroatoms. The summed E-state index contributed by atoms with van der Waals surface area (Å²) >= 11 is 6.71. The van der Waals surface area contributed by atoms with Crippen molar-refractivity contribution in [3.8, 4) is 11.5 Å². The number of para-hydroxylation sites is 2. The molecule has 2 aromatic carbocycles. The maximum Gasteiger partial charge on any atom is 0.270 e. The van der Waals surface area contributed by atoms with Gasteiger partial charge < -0.3 is 9.47 Å². The number of amides is 1. The van der Waals surface area contributed by atoms with Crippen molar-refractivity contribution >= 4 is 46.0 Å². The van der Waals surface area contributed by atoms with Crippen LogP contribution in [0.4, 0.5) is 5.69 Å². The summed E-state index contributed by atoms with van der Waals surface area (Å²) in [6, 6.07) is 15.0. The normalized spacial score (nSPS) is 15.8. The lowest BCUT2D eigenvalue weighted by molar-refractivity contribution is -0.113. The van der Waals surface area contributed by atoms with Gasteiger partial charge in [-0.25, -0.2) is 0 Å². The Morgan fingerprint density at radius 3 is 2.46 bits per heavy atom. The van der Waals surface area contributed by atoms with Crippen LogP contribution in [0.15, 0.2) is 53.4 Å². The van der Waals surface area contributed by atoms with Crippen LogP contribution in [0.25, 0.3) is 6.08 Å². The van der Waals surface area contributed by atoms with Crippen LogP contribution in [0.5, 0.6) is 11.5 Å². The molecule has 2 aromatic rings. The van der Waals surface area contributed by atoms with Crippen molar-refractivity contribution in [3.05, 3.63) is 59.0 Å². The maximum absolute atomic E-state index is 12.9. The highest BCUT2D eigenvalue weighted by Crippen LogP contribution is 2.39. The van der Waals surface area contributed by atoms with Crippen molar-refractivity contribution in [3.63, 3.8) is 0 Å². The second kappa shape index (κ2) is 7.93. The third-order valence-corrected chi connectivity index (χ3v) is 4.97. The first-order valence-corrected chi connectivity index (χ1v) is 9.40. The van der Waals surface area contributed by atoms with Crippen molar-refractivity contribution in [1.29, 1.82) is 0 Å². The maximum atomic E-state index is 12.9. The average molecular weight is 386 g/mol. The highest BCUT2D eigenvalue weighted by molar-refractivity contribution is 8.27. The second-order valence-electron chi connectivity index (χ2n) is 5.92. The van der Waals surface area contributed by atoms with Crippen LogP contribution in [0, 0.1) is 0 Å². The first-order chi connectivity index (χ1) is 12.5. The van der Waals surface area contributed by atoms with Crippen molar-refractivity contribution in [2.75, 3.05) is 12.0 Å². The lowest BCUT2D eigenvalue weighted by atomic mass is 10.2. The zero-order valence-corrected chi connectivity index (χ0v) is 16.4. The Kier molecular flexibility index (Phi) is 5.64. The Hall–Kier alpha value is -2.31. The SMILES string of the molecule is COc1ccccc1N1C(=O)/C(=C/c2ccc(OC(C)C)cc2)SC1=S. The van der Waals surface area contributed by atoms with E-state index in [9.17, 15) is 4.79 Å². The summed E-state index contributed by atoms with van der Waals surface area (Å²) < 4.78 is 11.5. The van der Waals surface area contributed by atoms with Crippen molar-refractivity contribution in [2.24, 2.45) is 0 Å². The average Bonchev–Trinajstić information content (AvgIpc) is 2.89. The Morgan fingerprint density at radius 2 is 1.81 bits per heavy atom. The Balaban J connectivity index is 1.85. The zero-order valence-electron chi connectivity index (χ0n) is 14.8. The van der Waals surface area contributed by atoms with E-state index >= 15 is 0 Å². The van der Waals surface area contributed by atoms with E-state index in [2.05, 4.69) is 0 Å². The molecule has 0 radical (unpaired) electrons. The second-order valence-corrected chi connectivity index (χ2v) is 7.60. The molecule has 0 N–H and O–H groups in total. The molecule has 1 aliphatic rings. The van der Waals surface area contributed by atoms with E-state index in [-0.39, 0.29) is 12.0 Å². The standard InChI is InChI=1S/C20H19NO3S2/c1-13(2)24-15-10-8-14(9-11-15)12-18-19(22)21(20(25)26-18)16-6-4-5-7-17(16)23-3/h4-13H,1-3H3/b18-12-. The fraction of sp³-hybridized carbons (Fsp3) is 0.200. The van der Waals surface area contributed by atoms with Gasteiger partial charge in [-0.15, -0.1) is 0 Å². The highest BCUT2D eigenvalue weighted by Gasteiger charge is 2.34. The van der Waals surface area contributed by atoms with Gasteiger partial charge in [0.2, 0.25) is 0 Å². The molecule has 0 spiro atoms. The van der Waals surface area contributed by atoms with Gasteiger partial charge >= 0.3 is 0 Å². The summed E-state index contributed by atoms with van der Waals surface area (Å²) in [5.41, 5.74) is 1.57. The molecule has 1 aliphatic heterocycles. The van der Waals surface area contributed by atoms with E-state index in [1.165, 1.54) is 16.7 Å². The van der Waals surface area contributed by atoms with E-state index in [4.69, 9.17) is 21.7 Å². The number of hydrogen-bond acceptors (Lipinski definition) is 5. The molecule has 1 saturated heterocycles. The van der Waals surface area contributed by atoms with Gasteiger partial charge in [0.15, 0.2) is 4.32 Å². The number of hydrogen-bond donors (Lipinski definition) is 0. The van der Waals surface area contributed by atoms with Gasteiger partial charge in [-0.05, 0) is 49.8 Å². The number of carbonyl (C=O) groups excluding carboxylic acids is 1. The molecule has 1 heterocycles. The van der Waals surface area contributed by atoms with Crippen LogP contribution in [-0.2, 0) is 4.79 Å². The van der Waals surface area contributed by atoms with E-state index in [1.807, 2.05) is 68.5 Å². The van der Waals surface area contributed by atoms with Crippen LogP contribution in [-0.4, -0.2) is 23.4 Å². The quantitative estimate of drug-likeness (QED) is 0.541. The number of anilines is 1. The Labute approximate surface area is 162 Å². The first-order valence-electron chi connectivity index (χ1n) is 8.17. The van der Waals surface area contributed by atoms with Crippen LogP contribution >= 0.6 is 24.0 Å². The van der Waals surface area contributed by atoms with E-state index in [1.54, 1.807) is 7.11 Å². The molecule has 134 valence electrons. The molecule has 26 heavy (non-hydrogen) atoms. The predicted molar refractivity (Wildman–Crippen MR) is 111 cm³/mol. The van der Waals surface area contributed by atoms with Crippen LogP contribution < -0.4 is 14.4 Å². The van der Waals surface area contributed by atoms with Crippen molar-refractivity contribution in [2.45, 2.75) is 20.0 Å². The molecule has 3 rings (SSSR count). The number of nitrogens with zero attached hydrogens (tertiary/aromatic N) is 1. The summed E-state index contributed by atoms with van der Waals surface area (Å²) in [5.74, 6) is 1.27. The number of methoxy groups -OCH3 is 1. The molecule has 1 amide bonds. The highest BCUT2D eigenvalue weighted by atomic mass is 32.2. The molecular weight excluding hydrogens is 366 g/mol. The molecule has 1 fully saturated rings. The minimum Gasteiger partial charge on any atom is -0.495 e. The van der Waals surface area contributed by atoms with Crippen molar-refractivity contribution < 1.29 is 14.3 Å². The first kappa shape index (κ1) is 18.5. The number of ether oxygens (including phenoxy) is 2. The summed E-state index contributed by atoms with van der Waals surface area (Å²) in [6.07, 6.45) is 1.96. The number of rotatable bonds is 5. The van der Waals surface area contributed by atoms with Gasteiger partial charge in [-0.3, -0.25) is 9.69 Å². The third-order valence-electron chi connectivity index (χ3n) is 3.67. The number of thioether (sulfide) groups is 1. The lowest BCUT2D eigenvalue weighted by Gasteiger charge is -2.17. The van der Waals surface area contributed by atoms with Crippen LogP contribution in [0.2, 0.25) is 0 Å². The van der Waals surface area contributed by atoms with Gasteiger partial charge in [0.1, 0.15) is 11.5 Å². The fourth-order valence-electron chi connectivity index (χ4n) is 2.56. The van der Waals surface area contributed by atoms with Gasteiger partial charge in [-0.1, -0.05) is 48.2 Å². The molecule has 0 aromatic heterocycles. The van der Waals surface area contributed by atoms with Gasteiger partial charge in [-0.2, -0.15) is 0 Å². The predicted octanol–water partition coefficient (Wildman–Crippen LogP) is 4.89. The lowest BCUT2D eigenvalue weighted by Crippen LogP contribution is -2.27. The largest absolute Gasteiger partial charge is 0.495 e. The molecule has 0 bridgehead atoms. The van der Waals surface area contributed by atoms with E-state index in [0.29, 0.717) is 20.7 Å². The Morgan fingerprint density at radius 1 is 1.12 bits per heavy atom. The molecule has 4 nitrogen and oxygen atoms in total. The van der Waals surface area contributed by atoms with Gasteiger partial charge in [0.25, 0.3) is 5.91 Å². The number of carbonyl (C=O) groups is 1. The molecule has 0 atom stereocenters. The van der Waals surface area contributed by atoms with Crippen molar-refractivity contribution in [1.82, 2.24) is 0 Å². The van der Waals surface area contributed by atoms with Crippen LogP contribution in [0.1, 0.15) is 19.4 Å². The summed E-state index contributed by atoms with van der Waals surface area (Å²) in [4.78, 5) is 15.0. The fourth-order valence-corrected chi connectivity index (χ4v) is 3.84. The van der Waals surface area contributed by atoms with Crippen LogP contribution in [0.3, 0.4) is 0 Å². The molecule has 0 saturated carbocycles. The van der Waals surface area contributed by atoms with E-state index in [0.717, 1.165) is 11.3 Å². The van der Waals surface area contributed by atoms with Gasteiger partial charge in [0.05, 0.1) is 23.8 Å². The summed E-state index contributed by atoms with van der Waals surface area (Å²) in [7, 11) is 1.58. The Bertz CT molecular complexity index is 860. The van der Waals surface area contributed by atoms with Gasteiger partial charge in [0, 0.05) is 0 Å². The number of thiocarbonyl (C=S) groups is 1. The minimum atomic E-state index is -0.146.